The third-order valence-electron chi connectivity index (χ3n) is 4.58. The van der Waals surface area contributed by atoms with Crippen LogP contribution in [0.4, 0.5) is 10.6 Å². The fourth-order valence-electron chi connectivity index (χ4n) is 3.41. The summed E-state index contributed by atoms with van der Waals surface area (Å²) < 4.78 is 5.40. The Morgan fingerprint density at radius 3 is 2.25 bits per heavy atom. The predicted octanol–water partition coefficient (Wildman–Crippen LogP) is 4.79. The SMILES string of the molecule is O=C(Nc1cc(Cl)cc(C(=O)O)n1)OCC1c2ccccc2-c2ccccc21. The number of nitrogens with zero attached hydrogens (tertiary/aromatic N) is 1. The maximum Gasteiger partial charge on any atom is 0.412 e. The Hall–Kier alpha value is -3.38. The molecule has 1 amide bonds. The van der Waals surface area contributed by atoms with Crippen LogP contribution < -0.4 is 5.32 Å². The molecule has 6 nitrogen and oxygen atoms in total. The maximum absolute atomic E-state index is 12.2. The summed E-state index contributed by atoms with van der Waals surface area (Å²) in [6.07, 6.45) is -0.729. The van der Waals surface area contributed by atoms with Crippen molar-refractivity contribution >= 4 is 29.5 Å². The number of pyridine rings is 1. The molecule has 0 aliphatic heterocycles. The summed E-state index contributed by atoms with van der Waals surface area (Å²) >= 11 is 5.88. The molecule has 0 atom stereocenters. The van der Waals surface area contributed by atoms with Gasteiger partial charge in [-0.15, -0.1) is 0 Å². The first kappa shape index (κ1) is 18.0. The van der Waals surface area contributed by atoms with E-state index in [4.69, 9.17) is 21.4 Å². The molecule has 7 heteroatoms. The van der Waals surface area contributed by atoms with Crippen LogP contribution in [0.25, 0.3) is 11.1 Å². The molecule has 3 aromatic rings. The van der Waals surface area contributed by atoms with Crippen LogP contribution in [0.2, 0.25) is 5.02 Å². The van der Waals surface area contributed by atoms with Crippen LogP contribution in [0.5, 0.6) is 0 Å². The van der Waals surface area contributed by atoms with Crippen molar-refractivity contribution in [1.82, 2.24) is 4.98 Å². The first-order valence-electron chi connectivity index (χ1n) is 8.56. The van der Waals surface area contributed by atoms with Gasteiger partial charge in [0.1, 0.15) is 12.4 Å². The molecule has 1 aliphatic rings. The van der Waals surface area contributed by atoms with Gasteiger partial charge >= 0.3 is 12.1 Å². The fourth-order valence-corrected chi connectivity index (χ4v) is 3.62. The second-order valence-corrected chi connectivity index (χ2v) is 6.75. The van der Waals surface area contributed by atoms with Gasteiger partial charge in [0.05, 0.1) is 0 Å². The van der Waals surface area contributed by atoms with Crippen LogP contribution in [0.15, 0.2) is 60.7 Å². The van der Waals surface area contributed by atoms with Crippen molar-refractivity contribution in [2.45, 2.75) is 5.92 Å². The summed E-state index contributed by atoms with van der Waals surface area (Å²) in [6, 6.07) is 18.6. The number of amides is 1. The van der Waals surface area contributed by atoms with E-state index in [0.29, 0.717) is 0 Å². The fraction of sp³-hybridized carbons (Fsp3) is 0.0952. The van der Waals surface area contributed by atoms with E-state index in [0.717, 1.165) is 22.3 Å². The summed E-state index contributed by atoms with van der Waals surface area (Å²) in [5.41, 5.74) is 4.21. The monoisotopic (exact) mass is 394 g/mol. The van der Waals surface area contributed by atoms with Gasteiger partial charge in [-0.25, -0.2) is 14.6 Å². The number of nitrogens with one attached hydrogen (secondary N) is 1. The van der Waals surface area contributed by atoms with E-state index in [9.17, 15) is 9.59 Å². The van der Waals surface area contributed by atoms with Crippen molar-refractivity contribution in [3.05, 3.63) is 82.5 Å². The minimum atomic E-state index is -1.24. The molecule has 1 aliphatic carbocycles. The number of carbonyl (C=O) groups is 2. The van der Waals surface area contributed by atoms with Gasteiger partial charge in [-0.1, -0.05) is 60.1 Å². The first-order chi connectivity index (χ1) is 13.5. The number of ether oxygens (including phenoxy) is 1. The highest BCUT2D eigenvalue weighted by atomic mass is 35.5. The predicted molar refractivity (Wildman–Crippen MR) is 105 cm³/mol. The first-order valence-corrected chi connectivity index (χ1v) is 8.93. The second-order valence-electron chi connectivity index (χ2n) is 6.31. The van der Waals surface area contributed by atoms with Crippen LogP contribution in [0.1, 0.15) is 27.5 Å². The van der Waals surface area contributed by atoms with Crippen molar-refractivity contribution in [3.63, 3.8) is 0 Å². The number of fused-ring (bicyclic) bond motifs is 3. The molecule has 0 bridgehead atoms. The van der Waals surface area contributed by atoms with E-state index < -0.39 is 12.1 Å². The highest BCUT2D eigenvalue weighted by molar-refractivity contribution is 6.31. The number of carboxylic acids is 1. The minimum Gasteiger partial charge on any atom is -0.477 e. The van der Waals surface area contributed by atoms with Gasteiger partial charge in [-0.3, -0.25) is 5.32 Å². The van der Waals surface area contributed by atoms with Crippen molar-refractivity contribution < 1.29 is 19.4 Å². The quantitative estimate of drug-likeness (QED) is 0.663. The lowest BCUT2D eigenvalue weighted by Gasteiger charge is -2.14. The number of carboxylic acid groups (broad SMARTS) is 1. The summed E-state index contributed by atoms with van der Waals surface area (Å²) in [4.78, 5) is 27.1. The van der Waals surface area contributed by atoms with Crippen LogP contribution in [0, 0.1) is 0 Å². The van der Waals surface area contributed by atoms with Crippen LogP contribution in [0.3, 0.4) is 0 Å². The van der Waals surface area contributed by atoms with E-state index in [1.165, 1.54) is 12.1 Å². The number of carbonyl (C=O) groups excluding carboxylic acids is 1. The smallest absolute Gasteiger partial charge is 0.412 e. The molecule has 0 saturated carbocycles. The third kappa shape index (κ3) is 3.42. The molecular formula is C21H15ClN2O4. The van der Waals surface area contributed by atoms with Crippen molar-refractivity contribution in [2.24, 2.45) is 0 Å². The van der Waals surface area contributed by atoms with Crippen molar-refractivity contribution in [2.75, 3.05) is 11.9 Å². The largest absolute Gasteiger partial charge is 0.477 e. The van der Waals surface area contributed by atoms with Gasteiger partial charge in [0.15, 0.2) is 5.69 Å². The van der Waals surface area contributed by atoms with Gasteiger partial charge in [0.2, 0.25) is 0 Å². The minimum absolute atomic E-state index is 0.0159. The maximum atomic E-state index is 12.2. The molecule has 4 rings (SSSR count). The average Bonchev–Trinajstić information content (AvgIpc) is 3.00. The molecular weight excluding hydrogens is 380 g/mol. The van der Waals surface area contributed by atoms with E-state index in [1.807, 2.05) is 36.4 Å². The summed E-state index contributed by atoms with van der Waals surface area (Å²) in [7, 11) is 0. The molecule has 0 spiro atoms. The number of halogens is 1. The molecule has 0 radical (unpaired) electrons. The molecule has 1 aromatic heterocycles. The molecule has 1 heterocycles. The van der Waals surface area contributed by atoms with E-state index in [1.54, 1.807) is 0 Å². The number of hydrogen-bond acceptors (Lipinski definition) is 4. The lowest BCUT2D eigenvalue weighted by atomic mass is 9.98. The van der Waals surface area contributed by atoms with Crippen LogP contribution in [-0.2, 0) is 4.74 Å². The summed E-state index contributed by atoms with van der Waals surface area (Å²) in [6.45, 7) is 0.145. The Morgan fingerprint density at radius 1 is 1.04 bits per heavy atom. The Kier molecular flexibility index (Phi) is 4.71. The standard InChI is InChI=1S/C21H15ClN2O4/c22-12-9-18(20(25)26)23-19(10-12)24-21(27)28-11-17-15-7-3-1-5-13(15)14-6-2-4-8-16(14)17/h1-10,17H,11H2,(H,25,26)(H,23,24,27). The molecule has 2 N–H and O–H groups in total. The lowest BCUT2D eigenvalue weighted by Crippen LogP contribution is -2.19. The lowest BCUT2D eigenvalue weighted by molar-refractivity contribution is 0.0690. The van der Waals surface area contributed by atoms with E-state index >= 15 is 0 Å². The Balaban J connectivity index is 1.49. The Bertz CT molecular complexity index is 1040. The second kappa shape index (κ2) is 7.32. The molecule has 2 aromatic carbocycles. The van der Waals surface area contributed by atoms with Gasteiger partial charge in [-0.2, -0.15) is 0 Å². The van der Waals surface area contributed by atoms with E-state index in [2.05, 4.69) is 22.4 Å². The zero-order chi connectivity index (χ0) is 19.7. The average molecular weight is 395 g/mol. The topological polar surface area (TPSA) is 88.5 Å². The summed E-state index contributed by atoms with van der Waals surface area (Å²) in [5.74, 6) is -1.29. The number of anilines is 1. The van der Waals surface area contributed by atoms with Crippen molar-refractivity contribution in [1.29, 1.82) is 0 Å². The van der Waals surface area contributed by atoms with Crippen LogP contribution >= 0.6 is 11.6 Å². The molecule has 0 fully saturated rings. The number of benzene rings is 2. The third-order valence-corrected chi connectivity index (χ3v) is 4.80. The number of aromatic carboxylic acids is 1. The normalized spacial score (nSPS) is 12.2. The van der Waals surface area contributed by atoms with Crippen LogP contribution in [-0.4, -0.2) is 28.8 Å². The molecule has 0 unspecified atom stereocenters. The van der Waals surface area contributed by atoms with Crippen molar-refractivity contribution in [3.8, 4) is 11.1 Å². The Morgan fingerprint density at radius 2 is 1.64 bits per heavy atom. The van der Waals surface area contributed by atoms with Gasteiger partial charge in [-0.05, 0) is 34.4 Å². The number of rotatable bonds is 4. The molecule has 0 saturated heterocycles. The molecule has 28 heavy (non-hydrogen) atoms. The van der Waals surface area contributed by atoms with Gasteiger partial charge < -0.3 is 9.84 Å². The number of hydrogen-bond donors (Lipinski definition) is 2. The highest BCUT2D eigenvalue weighted by Gasteiger charge is 2.29. The number of aromatic nitrogens is 1. The Labute approximate surface area is 165 Å². The van der Waals surface area contributed by atoms with E-state index in [-0.39, 0.29) is 29.1 Å². The molecule has 140 valence electrons. The van der Waals surface area contributed by atoms with Gasteiger partial charge in [0, 0.05) is 10.9 Å². The highest BCUT2D eigenvalue weighted by Crippen LogP contribution is 2.44. The zero-order valence-electron chi connectivity index (χ0n) is 14.6. The van der Waals surface area contributed by atoms with Gasteiger partial charge in [0.25, 0.3) is 0 Å². The zero-order valence-corrected chi connectivity index (χ0v) is 15.3. The summed E-state index contributed by atoms with van der Waals surface area (Å²) in [5, 5.41) is 11.6.